The molecule has 1 saturated carbocycles. The van der Waals surface area contributed by atoms with Gasteiger partial charge in [-0.25, -0.2) is 0 Å². The van der Waals surface area contributed by atoms with Gasteiger partial charge in [-0.3, -0.25) is 10.1 Å². The van der Waals surface area contributed by atoms with Gasteiger partial charge in [0.15, 0.2) is 0 Å². The van der Waals surface area contributed by atoms with Crippen molar-refractivity contribution in [2.75, 3.05) is 11.9 Å². The summed E-state index contributed by atoms with van der Waals surface area (Å²) in [5.41, 5.74) is 7.35. The maximum Gasteiger partial charge on any atom is 0.137 e. The highest BCUT2D eigenvalue weighted by atomic mass is 15.4. The van der Waals surface area contributed by atoms with Crippen LogP contribution in [0.25, 0.3) is 0 Å². The molecule has 5 heteroatoms. The fourth-order valence-corrected chi connectivity index (χ4v) is 3.40. The zero-order chi connectivity index (χ0) is 14.2. The van der Waals surface area contributed by atoms with Gasteiger partial charge >= 0.3 is 0 Å². The molecule has 2 unspecified atom stereocenters. The van der Waals surface area contributed by atoms with Gasteiger partial charge in [0.05, 0.1) is 11.3 Å². The Balaban J connectivity index is 2.37. The molecule has 1 aliphatic carbocycles. The lowest BCUT2D eigenvalue weighted by Gasteiger charge is -2.37. The number of nitrogens with two attached hydrogens (primary N) is 1. The van der Waals surface area contributed by atoms with Crippen molar-refractivity contribution in [3.63, 3.8) is 0 Å². The first kappa shape index (κ1) is 13.9. The minimum atomic E-state index is 0.107. The average Bonchev–Trinajstić information content (AvgIpc) is 2.64. The van der Waals surface area contributed by atoms with Crippen LogP contribution in [0.15, 0.2) is 0 Å². The van der Waals surface area contributed by atoms with Crippen molar-refractivity contribution >= 4 is 11.7 Å². The van der Waals surface area contributed by atoms with E-state index in [9.17, 15) is 0 Å². The van der Waals surface area contributed by atoms with Crippen molar-refractivity contribution < 1.29 is 0 Å². The number of anilines is 1. The Hall–Kier alpha value is -1.52. The number of nitrogens with zero attached hydrogens (tertiary/aromatic N) is 3. The van der Waals surface area contributed by atoms with E-state index in [-0.39, 0.29) is 5.84 Å². The molecule has 2 rings (SSSR count). The predicted molar refractivity (Wildman–Crippen MR) is 78.8 cm³/mol. The van der Waals surface area contributed by atoms with Crippen LogP contribution in [0, 0.1) is 18.3 Å². The molecule has 0 bridgehead atoms. The molecule has 0 saturated heterocycles. The van der Waals surface area contributed by atoms with Crippen molar-refractivity contribution in [1.29, 1.82) is 5.41 Å². The number of nitrogen functional groups attached to an aromatic ring is 1. The third kappa shape index (κ3) is 2.46. The van der Waals surface area contributed by atoms with Crippen molar-refractivity contribution in [3.05, 3.63) is 11.3 Å². The van der Waals surface area contributed by atoms with E-state index in [0.29, 0.717) is 12.0 Å². The number of hydrogen-bond acceptors (Lipinski definition) is 3. The fourth-order valence-electron chi connectivity index (χ4n) is 3.40. The average molecular weight is 263 g/mol. The van der Waals surface area contributed by atoms with Crippen LogP contribution in [-0.2, 0) is 7.05 Å². The summed E-state index contributed by atoms with van der Waals surface area (Å²) in [6, 6.07) is 0.515. The second-order valence-corrected chi connectivity index (χ2v) is 5.76. The Kier molecular flexibility index (Phi) is 3.83. The smallest absolute Gasteiger partial charge is 0.137 e. The fraction of sp³-hybridized carbons (Fsp3) is 0.714. The first-order valence-electron chi connectivity index (χ1n) is 7.04. The van der Waals surface area contributed by atoms with Gasteiger partial charge < -0.3 is 10.6 Å². The van der Waals surface area contributed by atoms with Crippen LogP contribution in [0.3, 0.4) is 0 Å². The van der Waals surface area contributed by atoms with Gasteiger partial charge in [-0.05, 0) is 25.7 Å². The Morgan fingerprint density at radius 3 is 2.63 bits per heavy atom. The van der Waals surface area contributed by atoms with Gasteiger partial charge in [0.2, 0.25) is 0 Å². The quantitative estimate of drug-likeness (QED) is 0.647. The number of amidine groups is 1. The highest BCUT2D eigenvalue weighted by Gasteiger charge is 2.29. The van der Waals surface area contributed by atoms with Crippen LogP contribution in [0.5, 0.6) is 0 Å². The van der Waals surface area contributed by atoms with Gasteiger partial charge in [-0.2, -0.15) is 5.10 Å². The number of nitrogens with one attached hydrogen (secondary N) is 1. The second kappa shape index (κ2) is 5.23. The van der Waals surface area contributed by atoms with Crippen LogP contribution < -0.4 is 10.6 Å². The molecule has 1 fully saturated rings. The molecule has 0 radical (unpaired) electrons. The normalized spacial score (nSPS) is 23.4. The number of aromatic nitrogens is 2. The summed E-state index contributed by atoms with van der Waals surface area (Å²) >= 11 is 0. The molecule has 0 spiro atoms. The van der Waals surface area contributed by atoms with Gasteiger partial charge in [0.1, 0.15) is 11.7 Å². The molecule has 2 atom stereocenters. The van der Waals surface area contributed by atoms with E-state index < -0.39 is 0 Å². The maximum absolute atomic E-state index is 7.79. The van der Waals surface area contributed by atoms with Crippen LogP contribution >= 0.6 is 0 Å². The van der Waals surface area contributed by atoms with Crippen LogP contribution in [0.1, 0.15) is 43.9 Å². The van der Waals surface area contributed by atoms with E-state index >= 15 is 0 Å². The molecular weight excluding hydrogens is 238 g/mol. The van der Waals surface area contributed by atoms with Crippen LogP contribution in [0.4, 0.5) is 5.82 Å². The van der Waals surface area contributed by atoms with Gasteiger partial charge in [0.25, 0.3) is 0 Å². The van der Waals surface area contributed by atoms with Gasteiger partial charge in [-0.15, -0.1) is 0 Å². The second-order valence-electron chi connectivity index (χ2n) is 5.76. The number of aryl methyl sites for hydroxylation is 2. The standard InChI is InChI=1S/C14H25N5/c1-9-7-5-6-8-11(9)18(3)14-12(13(15)16)10(2)17-19(14)4/h9,11H,5-8H2,1-4H3,(H3,15,16). The molecular formula is C14H25N5. The van der Waals surface area contributed by atoms with Crippen molar-refractivity contribution in [3.8, 4) is 0 Å². The van der Waals surface area contributed by atoms with Gasteiger partial charge in [0, 0.05) is 20.1 Å². The number of hydrogen-bond donors (Lipinski definition) is 2. The summed E-state index contributed by atoms with van der Waals surface area (Å²) in [7, 11) is 4.04. The summed E-state index contributed by atoms with van der Waals surface area (Å²) in [5.74, 6) is 1.76. The molecule has 5 nitrogen and oxygen atoms in total. The Morgan fingerprint density at radius 2 is 2.05 bits per heavy atom. The summed E-state index contributed by atoms with van der Waals surface area (Å²) in [4.78, 5) is 2.28. The van der Waals surface area contributed by atoms with Crippen LogP contribution in [-0.4, -0.2) is 28.7 Å². The molecule has 19 heavy (non-hydrogen) atoms. The van der Waals surface area contributed by atoms with Crippen LogP contribution in [0.2, 0.25) is 0 Å². The molecule has 1 heterocycles. The summed E-state index contributed by atoms with van der Waals surface area (Å²) in [6.45, 7) is 4.23. The monoisotopic (exact) mass is 263 g/mol. The first-order valence-corrected chi connectivity index (χ1v) is 7.04. The molecule has 1 aromatic heterocycles. The predicted octanol–water partition coefficient (Wildman–Crippen LogP) is 2.03. The molecule has 0 amide bonds. The lowest BCUT2D eigenvalue weighted by molar-refractivity contribution is 0.319. The van der Waals surface area contributed by atoms with Crippen molar-refractivity contribution in [2.45, 2.75) is 45.6 Å². The molecule has 3 N–H and O–H groups in total. The SMILES string of the molecule is Cc1nn(C)c(N(C)C2CCCCC2C)c1C(=N)N. The number of rotatable bonds is 3. The van der Waals surface area contributed by atoms with E-state index in [2.05, 4.69) is 24.0 Å². The minimum absolute atomic E-state index is 0.107. The molecule has 1 aliphatic rings. The van der Waals surface area contributed by atoms with E-state index in [1.807, 2.05) is 18.7 Å². The van der Waals surface area contributed by atoms with Crippen molar-refractivity contribution in [2.24, 2.45) is 18.7 Å². The third-order valence-electron chi connectivity index (χ3n) is 4.36. The maximum atomic E-state index is 7.79. The van der Waals surface area contributed by atoms with E-state index in [0.717, 1.165) is 17.1 Å². The Labute approximate surface area is 115 Å². The summed E-state index contributed by atoms with van der Waals surface area (Å²) in [6.07, 6.45) is 5.10. The lowest BCUT2D eigenvalue weighted by Crippen LogP contribution is -2.40. The van der Waals surface area contributed by atoms with E-state index in [1.165, 1.54) is 25.7 Å². The lowest BCUT2D eigenvalue weighted by atomic mass is 9.85. The van der Waals surface area contributed by atoms with E-state index in [1.54, 1.807) is 0 Å². The largest absolute Gasteiger partial charge is 0.384 e. The first-order chi connectivity index (χ1) is 8.93. The highest BCUT2D eigenvalue weighted by Crippen LogP contribution is 2.32. The minimum Gasteiger partial charge on any atom is -0.384 e. The Morgan fingerprint density at radius 1 is 1.42 bits per heavy atom. The Bertz CT molecular complexity index is 476. The molecule has 0 aromatic carbocycles. The summed E-state index contributed by atoms with van der Waals surface area (Å²) in [5, 5.41) is 12.2. The molecule has 1 aromatic rings. The zero-order valence-electron chi connectivity index (χ0n) is 12.4. The van der Waals surface area contributed by atoms with Gasteiger partial charge in [-0.1, -0.05) is 19.8 Å². The zero-order valence-corrected chi connectivity index (χ0v) is 12.4. The topological polar surface area (TPSA) is 70.9 Å². The van der Waals surface area contributed by atoms with Crippen molar-refractivity contribution in [1.82, 2.24) is 9.78 Å². The summed E-state index contributed by atoms with van der Waals surface area (Å²) < 4.78 is 1.85. The highest BCUT2D eigenvalue weighted by molar-refractivity contribution is 6.00. The van der Waals surface area contributed by atoms with E-state index in [4.69, 9.17) is 11.1 Å². The third-order valence-corrected chi connectivity index (χ3v) is 4.36. The molecule has 106 valence electrons. The molecule has 0 aliphatic heterocycles.